The summed E-state index contributed by atoms with van der Waals surface area (Å²) >= 11 is 0. The van der Waals surface area contributed by atoms with E-state index in [-0.39, 0.29) is 36.4 Å². The van der Waals surface area contributed by atoms with Crippen LogP contribution in [0.2, 0.25) is 0 Å². The van der Waals surface area contributed by atoms with E-state index >= 15 is 0 Å². The third-order valence-electron chi connectivity index (χ3n) is 5.37. The van der Waals surface area contributed by atoms with Crippen molar-refractivity contribution in [2.75, 3.05) is 14.2 Å². The Hall–Kier alpha value is -2.78. The van der Waals surface area contributed by atoms with Crippen LogP contribution in [0.5, 0.6) is 11.5 Å². The Morgan fingerprint density at radius 1 is 1.13 bits per heavy atom. The quantitative estimate of drug-likeness (QED) is 0.645. The normalized spacial score (nSPS) is 23.4. The zero-order valence-corrected chi connectivity index (χ0v) is 17.4. The van der Waals surface area contributed by atoms with Gasteiger partial charge in [-0.15, -0.1) is 13.2 Å². The van der Waals surface area contributed by atoms with Crippen molar-refractivity contribution in [3.63, 3.8) is 0 Å². The molecule has 0 amide bonds. The summed E-state index contributed by atoms with van der Waals surface area (Å²) in [7, 11) is 2.77. The van der Waals surface area contributed by atoms with Gasteiger partial charge in [-0.25, -0.2) is 0 Å². The number of methoxy groups -OCH3 is 2. The number of nitrogens with one attached hydrogen (secondary N) is 2. The van der Waals surface area contributed by atoms with Crippen LogP contribution in [0, 0.1) is 5.92 Å². The SMILES string of the molecule is COC(=O)[C@@H]1[C@H](NCc2cc(OC(F)(F)F)ccc2OC)[C@@H](c2ccccc2)N[C@H]1C. The molecule has 0 aromatic heterocycles. The van der Waals surface area contributed by atoms with E-state index in [0.717, 1.165) is 5.56 Å². The standard InChI is InChI=1S/C22H25F3N2O4/c1-13-18(21(28)30-3)20(19(27-13)14-7-5-4-6-8-14)26-12-15-11-16(31-22(23,24)25)9-10-17(15)29-2/h4-11,13,18-20,26-27H,12H2,1-3H3/t13-,18-,19+,20-/m0/s1. The van der Waals surface area contributed by atoms with E-state index in [4.69, 9.17) is 9.47 Å². The van der Waals surface area contributed by atoms with E-state index in [0.29, 0.717) is 11.3 Å². The molecule has 9 heteroatoms. The molecule has 0 bridgehead atoms. The third kappa shape index (κ3) is 5.48. The minimum Gasteiger partial charge on any atom is -0.496 e. The van der Waals surface area contributed by atoms with Crippen LogP contribution in [0.4, 0.5) is 13.2 Å². The maximum absolute atomic E-state index is 12.6. The van der Waals surface area contributed by atoms with Crippen molar-refractivity contribution in [2.45, 2.75) is 38.0 Å². The largest absolute Gasteiger partial charge is 0.573 e. The number of alkyl halides is 3. The lowest BCUT2D eigenvalue weighted by Gasteiger charge is -2.25. The van der Waals surface area contributed by atoms with Gasteiger partial charge in [0.1, 0.15) is 11.5 Å². The molecular formula is C22H25F3N2O4. The monoisotopic (exact) mass is 438 g/mol. The molecule has 3 rings (SSSR count). The summed E-state index contributed by atoms with van der Waals surface area (Å²) in [6.07, 6.45) is -4.79. The number of carbonyl (C=O) groups is 1. The van der Waals surface area contributed by atoms with Crippen LogP contribution < -0.4 is 20.1 Å². The molecule has 0 spiro atoms. The van der Waals surface area contributed by atoms with Gasteiger partial charge in [-0.2, -0.15) is 0 Å². The van der Waals surface area contributed by atoms with Crippen LogP contribution in [0.15, 0.2) is 48.5 Å². The topological polar surface area (TPSA) is 68.8 Å². The smallest absolute Gasteiger partial charge is 0.496 e. The van der Waals surface area contributed by atoms with E-state index in [1.165, 1.54) is 32.4 Å². The summed E-state index contributed by atoms with van der Waals surface area (Å²) in [4.78, 5) is 12.5. The fourth-order valence-corrected chi connectivity index (χ4v) is 4.02. The Morgan fingerprint density at radius 2 is 1.84 bits per heavy atom. The highest BCUT2D eigenvalue weighted by atomic mass is 19.4. The fourth-order valence-electron chi connectivity index (χ4n) is 4.02. The first-order valence-electron chi connectivity index (χ1n) is 9.78. The number of hydrogen-bond donors (Lipinski definition) is 2. The second-order valence-electron chi connectivity index (χ2n) is 7.32. The molecule has 0 radical (unpaired) electrons. The molecule has 2 aromatic rings. The van der Waals surface area contributed by atoms with Crippen molar-refractivity contribution >= 4 is 5.97 Å². The summed E-state index contributed by atoms with van der Waals surface area (Å²) < 4.78 is 52.2. The first-order chi connectivity index (χ1) is 14.7. The van der Waals surface area contributed by atoms with Gasteiger partial charge in [-0.05, 0) is 30.7 Å². The van der Waals surface area contributed by atoms with Crippen molar-refractivity contribution in [2.24, 2.45) is 5.92 Å². The summed E-state index contributed by atoms with van der Waals surface area (Å²) in [5.41, 5.74) is 1.46. The van der Waals surface area contributed by atoms with E-state index < -0.39 is 12.3 Å². The minimum absolute atomic E-state index is 0.161. The van der Waals surface area contributed by atoms with Crippen molar-refractivity contribution < 1.29 is 32.2 Å². The Balaban J connectivity index is 1.87. The van der Waals surface area contributed by atoms with Crippen LogP contribution in [0.1, 0.15) is 24.1 Å². The van der Waals surface area contributed by atoms with Gasteiger partial charge < -0.3 is 24.8 Å². The van der Waals surface area contributed by atoms with E-state index in [2.05, 4.69) is 15.4 Å². The molecule has 0 unspecified atom stereocenters. The van der Waals surface area contributed by atoms with Crippen LogP contribution in [0.25, 0.3) is 0 Å². The lowest BCUT2D eigenvalue weighted by molar-refractivity contribution is -0.274. The van der Waals surface area contributed by atoms with Gasteiger partial charge in [0.25, 0.3) is 0 Å². The highest BCUT2D eigenvalue weighted by molar-refractivity contribution is 5.75. The van der Waals surface area contributed by atoms with Gasteiger partial charge in [0, 0.05) is 30.2 Å². The second-order valence-corrected chi connectivity index (χ2v) is 7.32. The molecular weight excluding hydrogens is 413 g/mol. The molecule has 0 saturated carbocycles. The molecule has 1 fully saturated rings. The molecule has 1 aliphatic heterocycles. The zero-order chi connectivity index (χ0) is 22.6. The van der Waals surface area contributed by atoms with Gasteiger partial charge >= 0.3 is 12.3 Å². The number of rotatable bonds is 7. The van der Waals surface area contributed by atoms with Crippen LogP contribution >= 0.6 is 0 Å². The first-order valence-corrected chi connectivity index (χ1v) is 9.78. The molecule has 31 heavy (non-hydrogen) atoms. The van der Waals surface area contributed by atoms with Gasteiger partial charge in [0.05, 0.1) is 20.1 Å². The van der Waals surface area contributed by atoms with Crippen LogP contribution in [0.3, 0.4) is 0 Å². The molecule has 2 aromatic carbocycles. The summed E-state index contributed by atoms with van der Waals surface area (Å²) in [6.45, 7) is 2.06. The zero-order valence-electron chi connectivity index (χ0n) is 17.4. The maximum atomic E-state index is 12.6. The number of benzene rings is 2. The van der Waals surface area contributed by atoms with Crippen molar-refractivity contribution in [3.8, 4) is 11.5 Å². The molecule has 0 aliphatic carbocycles. The van der Waals surface area contributed by atoms with Crippen LogP contribution in [-0.4, -0.2) is 38.6 Å². The predicted molar refractivity (Wildman–Crippen MR) is 108 cm³/mol. The fraction of sp³-hybridized carbons (Fsp3) is 0.409. The summed E-state index contributed by atoms with van der Waals surface area (Å²) in [6, 6.07) is 12.8. The van der Waals surface area contributed by atoms with Crippen molar-refractivity contribution in [3.05, 3.63) is 59.7 Å². The Labute approximate surface area is 178 Å². The molecule has 6 nitrogen and oxygen atoms in total. The van der Waals surface area contributed by atoms with Gasteiger partial charge in [-0.3, -0.25) is 4.79 Å². The van der Waals surface area contributed by atoms with Gasteiger partial charge in [0.15, 0.2) is 0 Å². The number of hydrogen-bond acceptors (Lipinski definition) is 6. The average molecular weight is 438 g/mol. The number of halogens is 3. The Kier molecular flexibility index (Phi) is 7.07. The van der Waals surface area contributed by atoms with Crippen molar-refractivity contribution in [1.29, 1.82) is 0 Å². The van der Waals surface area contributed by atoms with E-state index in [1.54, 1.807) is 0 Å². The summed E-state index contributed by atoms with van der Waals surface area (Å²) in [5.74, 6) is -0.785. The molecule has 4 atom stereocenters. The predicted octanol–water partition coefficient (Wildman–Crippen LogP) is 3.57. The van der Waals surface area contributed by atoms with Crippen molar-refractivity contribution in [1.82, 2.24) is 10.6 Å². The summed E-state index contributed by atoms with van der Waals surface area (Å²) in [5, 5.41) is 6.75. The van der Waals surface area contributed by atoms with Crippen LogP contribution in [-0.2, 0) is 16.1 Å². The molecule has 1 heterocycles. The Bertz CT molecular complexity index is 892. The average Bonchev–Trinajstić information content (AvgIpc) is 3.07. The molecule has 1 aliphatic rings. The first kappa shape index (κ1) is 22.9. The van der Waals surface area contributed by atoms with E-state index in [1.807, 2.05) is 37.3 Å². The Morgan fingerprint density at radius 3 is 2.45 bits per heavy atom. The van der Waals surface area contributed by atoms with Gasteiger partial charge in [0.2, 0.25) is 0 Å². The maximum Gasteiger partial charge on any atom is 0.573 e. The highest BCUT2D eigenvalue weighted by Gasteiger charge is 2.46. The lowest BCUT2D eigenvalue weighted by Crippen LogP contribution is -2.42. The lowest BCUT2D eigenvalue weighted by atomic mass is 9.91. The number of ether oxygens (including phenoxy) is 3. The molecule has 2 N–H and O–H groups in total. The molecule has 1 saturated heterocycles. The second kappa shape index (κ2) is 9.57. The number of esters is 1. The number of carbonyl (C=O) groups excluding carboxylic acids is 1. The van der Waals surface area contributed by atoms with Gasteiger partial charge in [-0.1, -0.05) is 30.3 Å². The molecule has 168 valence electrons. The third-order valence-corrected chi connectivity index (χ3v) is 5.37. The highest BCUT2D eigenvalue weighted by Crippen LogP contribution is 2.34. The van der Waals surface area contributed by atoms with E-state index in [9.17, 15) is 18.0 Å². The minimum atomic E-state index is -4.79.